The zero-order chi connectivity index (χ0) is 14.8. The molecule has 1 aromatic rings. The molecule has 2 unspecified atom stereocenters. The first kappa shape index (κ1) is 15.0. The molecular formula is C14H25N5O. The van der Waals surface area contributed by atoms with Crippen LogP contribution in [-0.4, -0.2) is 33.7 Å². The molecule has 1 aliphatic rings. The monoisotopic (exact) mass is 279 g/mol. The Kier molecular flexibility index (Phi) is 4.42. The van der Waals surface area contributed by atoms with Crippen LogP contribution < -0.4 is 11.1 Å². The minimum Gasteiger partial charge on any atom is -0.346 e. The number of nitrogens with one attached hydrogen (secondary N) is 2. The average Bonchev–Trinajstić information content (AvgIpc) is 2.89. The van der Waals surface area contributed by atoms with E-state index in [-0.39, 0.29) is 23.2 Å². The highest BCUT2D eigenvalue weighted by Gasteiger charge is 2.27. The van der Waals surface area contributed by atoms with E-state index in [1.54, 1.807) is 0 Å². The van der Waals surface area contributed by atoms with E-state index in [9.17, 15) is 4.79 Å². The number of rotatable bonds is 3. The Labute approximate surface area is 119 Å². The molecule has 1 aromatic heterocycles. The van der Waals surface area contributed by atoms with Gasteiger partial charge in [0.15, 0.2) is 0 Å². The summed E-state index contributed by atoms with van der Waals surface area (Å²) >= 11 is 0. The number of H-pyrrole nitrogens is 1. The summed E-state index contributed by atoms with van der Waals surface area (Å²) in [4.78, 5) is 16.5. The van der Waals surface area contributed by atoms with Crippen molar-refractivity contribution in [3.8, 4) is 0 Å². The molecule has 2 atom stereocenters. The van der Waals surface area contributed by atoms with E-state index >= 15 is 0 Å². The summed E-state index contributed by atoms with van der Waals surface area (Å²) in [6.07, 6.45) is 4.42. The minimum atomic E-state index is -0.206. The molecule has 0 radical (unpaired) electrons. The van der Waals surface area contributed by atoms with E-state index in [1.165, 1.54) is 6.42 Å². The molecule has 1 amide bonds. The van der Waals surface area contributed by atoms with Gasteiger partial charge in [-0.15, -0.1) is 5.10 Å². The summed E-state index contributed by atoms with van der Waals surface area (Å²) in [6.45, 7) is 6.70. The first-order chi connectivity index (χ1) is 9.41. The standard InChI is InChI=1S/C14H25N5O/c1-14(2,3)13-17-11(18-19-13)12(20)16-10-7-5-4-6-9(10)8-15/h9-10H,4-8,15H2,1-3H3,(H,16,20)(H,17,18,19). The van der Waals surface area contributed by atoms with Gasteiger partial charge in [0.1, 0.15) is 5.82 Å². The number of aromatic nitrogens is 3. The van der Waals surface area contributed by atoms with Crippen molar-refractivity contribution in [1.82, 2.24) is 20.5 Å². The highest BCUT2D eigenvalue weighted by molar-refractivity contribution is 5.90. The molecule has 0 aliphatic heterocycles. The number of amides is 1. The topological polar surface area (TPSA) is 96.7 Å². The smallest absolute Gasteiger partial charge is 0.291 e. The lowest BCUT2D eigenvalue weighted by Crippen LogP contribution is -2.45. The van der Waals surface area contributed by atoms with Crippen molar-refractivity contribution < 1.29 is 4.79 Å². The maximum atomic E-state index is 12.2. The second-order valence-electron chi connectivity index (χ2n) is 6.62. The maximum Gasteiger partial charge on any atom is 0.291 e. The SMILES string of the molecule is CC(C)(C)c1nc(C(=O)NC2CCCCC2CN)n[nH]1. The van der Waals surface area contributed by atoms with Crippen LogP contribution in [0.4, 0.5) is 0 Å². The lowest BCUT2D eigenvalue weighted by molar-refractivity contribution is 0.0897. The van der Waals surface area contributed by atoms with Crippen LogP contribution in [0.25, 0.3) is 0 Å². The van der Waals surface area contributed by atoms with Crippen molar-refractivity contribution >= 4 is 5.91 Å². The van der Waals surface area contributed by atoms with Crippen LogP contribution in [0, 0.1) is 5.92 Å². The summed E-state index contributed by atoms with van der Waals surface area (Å²) in [6, 6.07) is 0.151. The van der Waals surface area contributed by atoms with Crippen molar-refractivity contribution in [2.24, 2.45) is 11.7 Å². The van der Waals surface area contributed by atoms with Gasteiger partial charge in [-0.1, -0.05) is 33.6 Å². The van der Waals surface area contributed by atoms with Gasteiger partial charge in [-0.3, -0.25) is 9.89 Å². The molecule has 4 N–H and O–H groups in total. The summed E-state index contributed by atoms with van der Waals surface area (Å²) < 4.78 is 0. The molecule has 0 aromatic carbocycles. The molecule has 2 rings (SSSR count). The first-order valence-electron chi connectivity index (χ1n) is 7.35. The predicted molar refractivity (Wildman–Crippen MR) is 77.3 cm³/mol. The third kappa shape index (κ3) is 3.36. The van der Waals surface area contributed by atoms with Gasteiger partial charge < -0.3 is 11.1 Å². The third-order valence-electron chi connectivity index (χ3n) is 3.93. The van der Waals surface area contributed by atoms with Gasteiger partial charge >= 0.3 is 0 Å². The fourth-order valence-electron chi connectivity index (χ4n) is 2.61. The van der Waals surface area contributed by atoms with Crippen molar-refractivity contribution in [3.63, 3.8) is 0 Å². The predicted octanol–water partition coefficient (Wildman–Crippen LogP) is 1.35. The van der Waals surface area contributed by atoms with E-state index in [4.69, 9.17) is 5.73 Å². The van der Waals surface area contributed by atoms with Gasteiger partial charge in [0.25, 0.3) is 5.91 Å². The number of carbonyl (C=O) groups excluding carboxylic acids is 1. The number of aromatic amines is 1. The highest BCUT2D eigenvalue weighted by Crippen LogP contribution is 2.24. The Morgan fingerprint density at radius 1 is 1.40 bits per heavy atom. The van der Waals surface area contributed by atoms with Crippen molar-refractivity contribution in [2.45, 2.75) is 57.9 Å². The van der Waals surface area contributed by atoms with E-state index < -0.39 is 0 Å². The quantitative estimate of drug-likeness (QED) is 0.778. The Morgan fingerprint density at radius 3 is 2.70 bits per heavy atom. The van der Waals surface area contributed by atoms with Crippen molar-refractivity contribution in [3.05, 3.63) is 11.6 Å². The molecule has 1 aliphatic carbocycles. The fourth-order valence-corrected chi connectivity index (χ4v) is 2.61. The molecular weight excluding hydrogens is 254 g/mol. The van der Waals surface area contributed by atoms with Crippen molar-refractivity contribution in [2.75, 3.05) is 6.54 Å². The van der Waals surface area contributed by atoms with Crippen molar-refractivity contribution in [1.29, 1.82) is 0 Å². The normalized spacial score (nSPS) is 23.6. The van der Waals surface area contributed by atoms with Gasteiger partial charge in [-0.05, 0) is 25.3 Å². The molecule has 1 fully saturated rings. The number of hydrogen-bond donors (Lipinski definition) is 3. The van der Waals surface area contributed by atoms with Crippen LogP contribution in [0.3, 0.4) is 0 Å². The third-order valence-corrected chi connectivity index (χ3v) is 3.93. The lowest BCUT2D eigenvalue weighted by Gasteiger charge is -2.30. The molecule has 1 saturated carbocycles. The zero-order valence-electron chi connectivity index (χ0n) is 12.6. The molecule has 6 nitrogen and oxygen atoms in total. The molecule has 20 heavy (non-hydrogen) atoms. The van der Waals surface area contributed by atoms with Crippen LogP contribution in [0.1, 0.15) is 62.9 Å². The van der Waals surface area contributed by atoms with Gasteiger partial charge in [0.05, 0.1) is 0 Å². The number of hydrogen-bond acceptors (Lipinski definition) is 4. The van der Waals surface area contributed by atoms with Gasteiger partial charge in [-0.2, -0.15) is 0 Å². The van der Waals surface area contributed by atoms with E-state index in [1.807, 2.05) is 20.8 Å². The number of nitrogens with two attached hydrogens (primary N) is 1. The molecule has 0 bridgehead atoms. The van der Waals surface area contributed by atoms with Crippen LogP contribution in [-0.2, 0) is 5.41 Å². The van der Waals surface area contributed by atoms with Crippen LogP contribution in [0.15, 0.2) is 0 Å². The number of carbonyl (C=O) groups is 1. The van der Waals surface area contributed by atoms with Gasteiger partial charge in [0.2, 0.25) is 5.82 Å². The second kappa shape index (κ2) is 5.91. The molecule has 1 heterocycles. The van der Waals surface area contributed by atoms with Gasteiger partial charge in [-0.25, -0.2) is 4.98 Å². The first-order valence-corrected chi connectivity index (χ1v) is 7.35. The van der Waals surface area contributed by atoms with Gasteiger partial charge in [0, 0.05) is 11.5 Å². The Hall–Kier alpha value is -1.43. The Bertz CT molecular complexity index is 462. The Morgan fingerprint density at radius 2 is 2.10 bits per heavy atom. The lowest BCUT2D eigenvalue weighted by atomic mass is 9.84. The Balaban J connectivity index is 2.02. The zero-order valence-corrected chi connectivity index (χ0v) is 12.6. The molecule has 112 valence electrons. The van der Waals surface area contributed by atoms with E-state index in [0.717, 1.165) is 25.1 Å². The van der Waals surface area contributed by atoms with Crippen LogP contribution >= 0.6 is 0 Å². The molecule has 0 saturated heterocycles. The average molecular weight is 279 g/mol. The van der Waals surface area contributed by atoms with E-state index in [0.29, 0.717) is 12.5 Å². The van der Waals surface area contributed by atoms with E-state index in [2.05, 4.69) is 20.5 Å². The minimum absolute atomic E-state index is 0.143. The fraction of sp³-hybridized carbons (Fsp3) is 0.786. The summed E-state index contributed by atoms with van der Waals surface area (Å²) in [7, 11) is 0. The van der Waals surface area contributed by atoms with Crippen LogP contribution in [0.2, 0.25) is 0 Å². The molecule has 0 spiro atoms. The molecule has 6 heteroatoms. The largest absolute Gasteiger partial charge is 0.346 e. The highest BCUT2D eigenvalue weighted by atomic mass is 16.2. The summed E-state index contributed by atoms with van der Waals surface area (Å²) in [5.74, 6) is 1.11. The number of nitrogens with zero attached hydrogens (tertiary/aromatic N) is 2. The van der Waals surface area contributed by atoms with Crippen LogP contribution in [0.5, 0.6) is 0 Å². The summed E-state index contributed by atoms with van der Waals surface area (Å²) in [5.41, 5.74) is 5.64. The summed E-state index contributed by atoms with van der Waals surface area (Å²) in [5, 5.41) is 9.90. The second-order valence-corrected chi connectivity index (χ2v) is 6.62. The maximum absolute atomic E-state index is 12.2.